The number of halogens is 1. The lowest BCUT2D eigenvalue weighted by Crippen LogP contribution is -2.36. The minimum atomic E-state index is 0.285. The molecule has 0 saturated carbocycles. The number of morpholine rings is 1. The van der Waals surface area contributed by atoms with Crippen molar-refractivity contribution in [1.82, 2.24) is 9.97 Å². The Hall–Kier alpha value is -1.51. The molecule has 2 aromatic rings. The molecule has 0 radical (unpaired) electrons. The number of hydrogen-bond acceptors (Lipinski definition) is 7. The average molecular weight is 377 g/mol. The molecule has 0 aromatic carbocycles. The van der Waals surface area contributed by atoms with Crippen LogP contribution in [0.2, 0.25) is 17.9 Å². The van der Waals surface area contributed by atoms with Crippen molar-refractivity contribution in [2.75, 3.05) is 37.6 Å². The molecule has 4 heterocycles. The van der Waals surface area contributed by atoms with Crippen LogP contribution in [0.1, 0.15) is 11.3 Å². The zero-order valence-corrected chi connectivity index (χ0v) is 15.4. The first-order valence-corrected chi connectivity index (χ1v) is 9.72. The lowest BCUT2D eigenvalue weighted by molar-refractivity contribution is 0.122. The Morgan fingerprint density at radius 2 is 2.20 bits per heavy atom. The van der Waals surface area contributed by atoms with E-state index in [9.17, 15) is 4.91 Å². The van der Waals surface area contributed by atoms with Crippen LogP contribution in [0.5, 0.6) is 0 Å². The summed E-state index contributed by atoms with van der Waals surface area (Å²) < 4.78 is 6.52. The highest BCUT2D eigenvalue weighted by Crippen LogP contribution is 2.39. The van der Waals surface area contributed by atoms with Crippen LogP contribution in [0, 0.1) is 4.91 Å². The molecule has 0 bridgehead atoms. The largest absolute Gasteiger partial charge is 0.378 e. The minimum Gasteiger partial charge on any atom is -0.378 e. The van der Waals surface area contributed by atoms with Gasteiger partial charge in [-0.05, 0) is 29.7 Å². The molecule has 0 amide bonds. The van der Waals surface area contributed by atoms with Gasteiger partial charge in [-0.15, -0.1) is 11.3 Å². The van der Waals surface area contributed by atoms with Gasteiger partial charge in [0.25, 0.3) is 0 Å². The number of aromatic nitrogens is 2. The summed E-state index contributed by atoms with van der Waals surface area (Å²) >= 11 is 7.89. The normalized spacial score (nSPS) is 18.5. The highest BCUT2D eigenvalue weighted by molar-refractivity contribution is 7.20. The number of rotatable bonds is 4. The summed E-state index contributed by atoms with van der Waals surface area (Å²) in [5.41, 5.74) is 2.23. The molecule has 9 heteroatoms. The van der Waals surface area contributed by atoms with E-state index in [4.69, 9.17) is 16.3 Å². The summed E-state index contributed by atoms with van der Waals surface area (Å²) in [5, 5.41) is 3.32. The van der Waals surface area contributed by atoms with Gasteiger partial charge in [0, 0.05) is 18.0 Å². The molecule has 130 valence electrons. The van der Waals surface area contributed by atoms with Crippen molar-refractivity contribution in [2.24, 2.45) is 5.18 Å². The summed E-state index contributed by atoms with van der Waals surface area (Å²) in [5.74, 6) is 0.911. The molecule has 2 aliphatic heterocycles. The van der Waals surface area contributed by atoms with Gasteiger partial charge < -0.3 is 9.64 Å². The SMILES string of the molecule is O=NCB1CC=C(c2cc3nc(Cl)nc(N4CCOCC4)c3s2)CC1. The highest BCUT2D eigenvalue weighted by Gasteiger charge is 2.23. The fourth-order valence-electron chi connectivity index (χ4n) is 3.42. The van der Waals surface area contributed by atoms with Gasteiger partial charge in [0.15, 0.2) is 12.5 Å². The highest BCUT2D eigenvalue weighted by atomic mass is 35.5. The maximum Gasteiger partial charge on any atom is 0.224 e. The van der Waals surface area contributed by atoms with Crippen molar-refractivity contribution in [3.8, 4) is 0 Å². The number of anilines is 1. The lowest BCUT2D eigenvalue weighted by Gasteiger charge is -2.28. The van der Waals surface area contributed by atoms with Crippen molar-refractivity contribution in [1.29, 1.82) is 0 Å². The van der Waals surface area contributed by atoms with Crippen molar-refractivity contribution in [2.45, 2.75) is 19.1 Å². The summed E-state index contributed by atoms with van der Waals surface area (Å²) in [4.78, 5) is 22.8. The maximum absolute atomic E-state index is 10.5. The van der Waals surface area contributed by atoms with E-state index in [-0.39, 0.29) is 5.28 Å². The van der Waals surface area contributed by atoms with E-state index in [0.717, 1.165) is 48.2 Å². The smallest absolute Gasteiger partial charge is 0.224 e. The topological polar surface area (TPSA) is 67.7 Å². The number of nitroso groups, excluding NO2 is 1. The molecular weight excluding hydrogens is 359 g/mol. The Morgan fingerprint density at radius 3 is 2.92 bits per heavy atom. The number of nitrogens with zero attached hydrogens (tertiary/aromatic N) is 4. The predicted octanol–water partition coefficient (Wildman–Crippen LogP) is 3.77. The van der Waals surface area contributed by atoms with Crippen LogP contribution in [0.3, 0.4) is 0 Å². The van der Waals surface area contributed by atoms with E-state index in [1.807, 2.05) is 0 Å². The van der Waals surface area contributed by atoms with Gasteiger partial charge in [-0.2, -0.15) is 9.89 Å². The van der Waals surface area contributed by atoms with E-state index < -0.39 is 0 Å². The van der Waals surface area contributed by atoms with Crippen LogP contribution >= 0.6 is 22.9 Å². The molecule has 6 nitrogen and oxygen atoms in total. The van der Waals surface area contributed by atoms with Crippen LogP contribution in [0.4, 0.5) is 5.82 Å². The van der Waals surface area contributed by atoms with E-state index in [1.165, 1.54) is 10.5 Å². The first kappa shape index (κ1) is 16.9. The zero-order valence-electron chi connectivity index (χ0n) is 13.8. The van der Waals surface area contributed by atoms with Crippen molar-refractivity contribution in [3.63, 3.8) is 0 Å². The predicted molar refractivity (Wildman–Crippen MR) is 104 cm³/mol. The summed E-state index contributed by atoms with van der Waals surface area (Å²) in [6, 6.07) is 2.11. The Bertz CT molecular complexity index is 822. The first-order valence-electron chi connectivity index (χ1n) is 8.53. The van der Waals surface area contributed by atoms with Gasteiger partial charge in [-0.25, -0.2) is 4.98 Å². The van der Waals surface area contributed by atoms with Gasteiger partial charge in [-0.1, -0.05) is 23.9 Å². The molecule has 1 saturated heterocycles. The second-order valence-electron chi connectivity index (χ2n) is 6.42. The molecule has 0 aliphatic carbocycles. The van der Waals surface area contributed by atoms with Crippen LogP contribution < -0.4 is 4.90 Å². The van der Waals surface area contributed by atoms with Crippen LogP contribution in [-0.2, 0) is 4.74 Å². The maximum atomic E-state index is 10.5. The number of hydrogen-bond donors (Lipinski definition) is 0. The van der Waals surface area contributed by atoms with E-state index in [0.29, 0.717) is 26.4 Å². The molecule has 25 heavy (non-hydrogen) atoms. The number of allylic oxidation sites excluding steroid dienone is 2. The number of fused-ring (bicyclic) bond motifs is 1. The quantitative estimate of drug-likeness (QED) is 0.461. The minimum absolute atomic E-state index is 0.285. The third-order valence-electron chi connectivity index (χ3n) is 4.81. The third kappa shape index (κ3) is 3.56. The Kier molecular flexibility index (Phi) is 5.01. The van der Waals surface area contributed by atoms with Gasteiger partial charge >= 0.3 is 0 Å². The van der Waals surface area contributed by atoms with Crippen molar-refractivity contribution >= 4 is 51.3 Å². The molecule has 2 aliphatic rings. The molecule has 2 aromatic heterocycles. The van der Waals surface area contributed by atoms with E-state index in [2.05, 4.69) is 32.2 Å². The Balaban J connectivity index is 1.67. The second-order valence-corrected chi connectivity index (χ2v) is 7.81. The van der Waals surface area contributed by atoms with Gasteiger partial charge in [0.05, 0.1) is 29.9 Å². The standard InChI is InChI=1S/C16H18BClN4O2S/c18-16-20-12-9-13(11-1-3-17(4-2-11)10-19-23)25-14(12)15(21-16)22-5-7-24-8-6-22/h1,9H,2-8,10H2. The van der Waals surface area contributed by atoms with E-state index >= 15 is 0 Å². The molecule has 1 fully saturated rings. The van der Waals surface area contributed by atoms with Gasteiger partial charge in [0.1, 0.15) is 0 Å². The summed E-state index contributed by atoms with van der Waals surface area (Å²) in [7, 11) is 0. The number of ether oxygens (including phenoxy) is 1. The fourth-order valence-corrected chi connectivity index (χ4v) is 4.77. The molecular formula is C16H18BClN4O2S. The van der Waals surface area contributed by atoms with Crippen LogP contribution in [0.25, 0.3) is 15.8 Å². The summed E-state index contributed by atoms with van der Waals surface area (Å²) in [6.07, 6.45) is 5.56. The van der Waals surface area contributed by atoms with Gasteiger partial charge in [0.2, 0.25) is 5.28 Å². The molecule has 0 N–H and O–H groups in total. The fraction of sp³-hybridized carbons (Fsp3) is 0.500. The monoisotopic (exact) mass is 376 g/mol. The molecule has 4 rings (SSSR count). The Morgan fingerprint density at radius 1 is 1.36 bits per heavy atom. The zero-order chi connectivity index (χ0) is 17.2. The number of thiophene rings is 1. The molecule has 0 spiro atoms. The van der Waals surface area contributed by atoms with Crippen LogP contribution in [0.15, 0.2) is 17.3 Å². The Labute approximate surface area is 155 Å². The van der Waals surface area contributed by atoms with Crippen molar-refractivity contribution < 1.29 is 4.74 Å². The molecule has 0 unspecified atom stereocenters. The van der Waals surface area contributed by atoms with Crippen molar-refractivity contribution in [3.05, 3.63) is 27.2 Å². The summed E-state index contributed by atoms with van der Waals surface area (Å²) in [6.45, 7) is 3.43. The second kappa shape index (κ2) is 7.39. The first-order chi connectivity index (χ1) is 12.2. The van der Waals surface area contributed by atoms with Crippen LogP contribution in [-0.4, -0.2) is 49.4 Å². The molecule has 0 atom stereocenters. The average Bonchev–Trinajstić information content (AvgIpc) is 3.06. The van der Waals surface area contributed by atoms with Gasteiger partial charge in [-0.3, -0.25) is 0 Å². The lowest BCUT2D eigenvalue weighted by atomic mass is 9.42. The van der Waals surface area contributed by atoms with E-state index in [1.54, 1.807) is 11.3 Å². The third-order valence-corrected chi connectivity index (χ3v) is 6.17.